The van der Waals surface area contributed by atoms with Crippen LogP contribution < -0.4 is 5.73 Å². The molecule has 2 aliphatic carbocycles. The van der Waals surface area contributed by atoms with Crippen LogP contribution in [0.2, 0.25) is 0 Å². The van der Waals surface area contributed by atoms with Gasteiger partial charge in [0.2, 0.25) is 0 Å². The van der Waals surface area contributed by atoms with E-state index in [-0.39, 0.29) is 34.0 Å². The average molecular weight is 482 g/mol. The predicted octanol–water partition coefficient (Wildman–Crippen LogP) is 4.93. The molecule has 2 N–H and O–H groups in total. The van der Waals surface area contributed by atoms with Crippen LogP contribution in [0.5, 0.6) is 0 Å². The van der Waals surface area contributed by atoms with Crippen LogP contribution in [0.3, 0.4) is 0 Å². The van der Waals surface area contributed by atoms with Gasteiger partial charge in [0.05, 0.1) is 33.6 Å². The summed E-state index contributed by atoms with van der Waals surface area (Å²) in [6.07, 6.45) is 4.92. The van der Waals surface area contributed by atoms with Crippen molar-refractivity contribution in [3.05, 3.63) is 82.9 Å². The highest BCUT2D eigenvalue weighted by Gasteiger charge is 2.65. The first kappa shape index (κ1) is 22.2. The number of nitrogen functional groups attached to an aromatic ring is 1. The Balaban J connectivity index is 1.51. The van der Waals surface area contributed by atoms with Crippen LogP contribution in [-0.2, 0) is 5.41 Å². The zero-order valence-electron chi connectivity index (χ0n) is 19.6. The average Bonchev–Trinajstić information content (AvgIpc) is 3.25. The molecule has 178 valence electrons. The first-order valence-corrected chi connectivity index (χ1v) is 11.6. The molecule has 0 aliphatic heterocycles. The van der Waals surface area contributed by atoms with Crippen LogP contribution in [0.15, 0.2) is 48.8 Å². The molecule has 1 saturated carbocycles. The number of nitrogens with two attached hydrogens (primary N) is 1. The molecule has 9 heteroatoms. The minimum Gasteiger partial charge on any atom is -0.383 e. The van der Waals surface area contributed by atoms with E-state index in [1.165, 1.54) is 18.2 Å². The highest BCUT2D eigenvalue weighted by Crippen LogP contribution is 2.69. The van der Waals surface area contributed by atoms with Crippen LogP contribution >= 0.6 is 0 Å². The molecular weight excluding hydrogens is 460 g/mol. The molecule has 7 nitrogen and oxygen atoms in total. The molecule has 1 aromatic carbocycles. The van der Waals surface area contributed by atoms with Crippen molar-refractivity contribution in [1.29, 1.82) is 5.26 Å². The Labute approximate surface area is 206 Å². The summed E-state index contributed by atoms with van der Waals surface area (Å²) in [6, 6.07) is 11.1. The predicted molar refractivity (Wildman–Crippen MR) is 128 cm³/mol. The fourth-order valence-electron chi connectivity index (χ4n) is 6.18. The van der Waals surface area contributed by atoms with E-state index in [0.717, 1.165) is 29.8 Å². The van der Waals surface area contributed by atoms with Crippen molar-refractivity contribution in [2.24, 2.45) is 5.41 Å². The molecule has 0 unspecified atom stereocenters. The van der Waals surface area contributed by atoms with Gasteiger partial charge in [-0.2, -0.15) is 10.4 Å². The Kier molecular flexibility index (Phi) is 4.67. The number of nitriles is 1. The van der Waals surface area contributed by atoms with Crippen molar-refractivity contribution in [2.45, 2.75) is 38.0 Å². The van der Waals surface area contributed by atoms with Crippen LogP contribution in [0.4, 0.5) is 14.6 Å². The lowest BCUT2D eigenvalue weighted by atomic mass is 9.66. The van der Waals surface area contributed by atoms with Gasteiger partial charge in [-0.05, 0) is 60.1 Å². The minimum atomic E-state index is -0.671. The van der Waals surface area contributed by atoms with Crippen molar-refractivity contribution >= 4 is 5.82 Å². The molecule has 0 radical (unpaired) electrons. The third kappa shape index (κ3) is 2.84. The van der Waals surface area contributed by atoms with E-state index in [4.69, 9.17) is 10.7 Å². The summed E-state index contributed by atoms with van der Waals surface area (Å²) in [7, 11) is 0. The summed E-state index contributed by atoms with van der Waals surface area (Å²) < 4.78 is 29.0. The highest BCUT2D eigenvalue weighted by molar-refractivity contribution is 5.65. The first-order chi connectivity index (χ1) is 17.3. The summed E-state index contributed by atoms with van der Waals surface area (Å²) >= 11 is 0. The Bertz CT molecular complexity index is 1570. The zero-order chi connectivity index (χ0) is 25.2. The highest BCUT2D eigenvalue weighted by atomic mass is 19.1. The standard InChI is InChI=1S/C27H21F2N7/c1-26(2)17-6-8-27(26,21-7-9-32-25(34-21)15-10-14(12-30)24(31)33-13-15)23-16(17)11-20(35-36-23)22-18(28)4-3-5-19(22)29/h3-5,7,9-11,13,17H,6,8H2,1-2H3,(H2,31,33)/t17-,27+/m0/s1. The van der Waals surface area contributed by atoms with Gasteiger partial charge in [-0.15, -0.1) is 5.10 Å². The smallest absolute Gasteiger partial charge is 0.161 e. The van der Waals surface area contributed by atoms with Gasteiger partial charge in [-0.3, -0.25) is 0 Å². The number of pyridine rings is 1. The second kappa shape index (κ2) is 7.59. The molecule has 4 aromatic rings. The molecular formula is C27H21F2N7. The first-order valence-electron chi connectivity index (χ1n) is 11.6. The van der Waals surface area contributed by atoms with Gasteiger partial charge >= 0.3 is 0 Å². The number of aromatic nitrogens is 5. The fourth-order valence-corrected chi connectivity index (χ4v) is 6.18. The van der Waals surface area contributed by atoms with Gasteiger partial charge in [0.25, 0.3) is 0 Å². The zero-order valence-corrected chi connectivity index (χ0v) is 19.6. The molecule has 3 aromatic heterocycles. The molecule has 0 amide bonds. The van der Waals surface area contributed by atoms with E-state index in [1.54, 1.807) is 24.5 Å². The largest absolute Gasteiger partial charge is 0.383 e. The second-order valence-corrected chi connectivity index (χ2v) is 9.88. The number of halogens is 2. The maximum absolute atomic E-state index is 14.5. The quantitative estimate of drug-likeness (QED) is 0.441. The van der Waals surface area contributed by atoms with Crippen molar-refractivity contribution in [3.8, 4) is 28.7 Å². The number of fused-ring (bicyclic) bond motifs is 5. The van der Waals surface area contributed by atoms with Crippen molar-refractivity contribution in [3.63, 3.8) is 0 Å². The molecule has 36 heavy (non-hydrogen) atoms. The lowest BCUT2D eigenvalue weighted by Crippen LogP contribution is -2.38. The molecule has 0 saturated heterocycles. The van der Waals surface area contributed by atoms with E-state index in [9.17, 15) is 14.0 Å². The van der Waals surface area contributed by atoms with Crippen molar-refractivity contribution < 1.29 is 8.78 Å². The van der Waals surface area contributed by atoms with Crippen molar-refractivity contribution in [2.75, 3.05) is 5.73 Å². The Morgan fingerprint density at radius 1 is 1.08 bits per heavy atom. The van der Waals surface area contributed by atoms with E-state index in [0.29, 0.717) is 11.4 Å². The van der Waals surface area contributed by atoms with Crippen LogP contribution in [0, 0.1) is 28.4 Å². The summed E-state index contributed by atoms with van der Waals surface area (Å²) in [6.45, 7) is 4.35. The summed E-state index contributed by atoms with van der Waals surface area (Å²) in [4.78, 5) is 13.4. The molecule has 2 aliphatic rings. The number of nitrogens with zero attached hydrogens (tertiary/aromatic N) is 6. The SMILES string of the molecule is CC1(C)[C@H]2CC[C@@]1(c1ccnc(-c3cnc(N)c(C#N)c3)n1)c1nnc(-c3c(F)cccc3F)cc12. The van der Waals surface area contributed by atoms with Gasteiger partial charge in [-0.25, -0.2) is 23.7 Å². The fraction of sp³-hybridized carbons (Fsp3) is 0.259. The summed E-state index contributed by atoms with van der Waals surface area (Å²) in [5, 5.41) is 18.2. The van der Waals surface area contributed by atoms with Crippen molar-refractivity contribution in [1.82, 2.24) is 25.1 Å². The number of hydrogen-bond donors (Lipinski definition) is 1. The molecule has 2 atom stereocenters. The van der Waals surface area contributed by atoms with Gasteiger partial charge < -0.3 is 5.73 Å². The Morgan fingerprint density at radius 2 is 1.86 bits per heavy atom. The van der Waals surface area contributed by atoms with E-state index >= 15 is 0 Å². The molecule has 6 rings (SSSR count). The Morgan fingerprint density at radius 3 is 2.61 bits per heavy atom. The number of benzene rings is 1. The van der Waals surface area contributed by atoms with Gasteiger partial charge in [0.1, 0.15) is 23.5 Å². The van der Waals surface area contributed by atoms with Gasteiger partial charge in [-0.1, -0.05) is 19.9 Å². The second-order valence-electron chi connectivity index (χ2n) is 9.88. The number of hydrogen-bond acceptors (Lipinski definition) is 7. The lowest BCUT2D eigenvalue weighted by molar-refractivity contribution is 0.243. The lowest BCUT2D eigenvalue weighted by Gasteiger charge is -2.37. The number of rotatable bonds is 3. The number of anilines is 1. The minimum absolute atomic E-state index is 0.124. The van der Waals surface area contributed by atoms with Crippen LogP contribution in [0.1, 0.15) is 55.1 Å². The van der Waals surface area contributed by atoms with Gasteiger partial charge in [0, 0.05) is 18.0 Å². The van der Waals surface area contributed by atoms with E-state index in [1.807, 2.05) is 12.1 Å². The maximum atomic E-state index is 14.5. The van der Waals surface area contributed by atoms with E-state index < -0.39 is 17.0 Å². The third-order valence-electron chi connectivity index (χ3n) is 7.99. The third-order valence-corrected chi connectivity index (χ3v) is 7.99. The van der Waals surface area contributed by atoms with Crippen LogP contribution in [0.25, 0.3) is 22.6 Å². The molecule has 0 spiro atoms. The van der Waals surface area contributed by atoms with Crippen LogP contribution in [-0.4, -0.2) is 25.1 Å². The molecule has 1 fully saturated rings. The molecule has 2 bridgehead atoms. The monoisotopic (exact) mass is 481 g/mol. The topological polar surface area (TPSA) is 114 Å². The summed E-state index contributed by atoms with van der Waals surface area (Å²) in [5.41, 5.74) is 8.31. The Hall–Kier alpha value is -4.32. The van der Waals surface area contributed by atoms with E-state index in [2.05, 4.69) is 34.0 Å². The van der Waals surface area contributed by atoms with Gasteiger partial charge in [0.15, 0.2) is 5.82 Å². The molecule has 3 heterocycles. The summed E-state index contributed by atoms with van der Waals surface area (Å²) in [5.74, 6) is -0.640. The maximum Gasteiger partial charge on any atom is 0.161 e. The normalized spacial score (nSPS) is 21.2.